The Hall–Kier alpha value is -1.30. The number of nitrogens with zero attached hydrogens (tertiary/aromatic N) is 3. The van der Waals surface area contributed by atoms with Crippen molar-refractivity contribution in [2.24, 2.45) is 5.16 Å². The van der Waals surface area contributed by atoms with Crippen LogP contribution in [0, 0.1) is 0 Å². The minimum Gasteiger partial charge on any atom is -0.388 e. The Morgan fingerprint density at radius 2 is 2.27 bits per heavy atom. The van der Waals surface area contributed by atoms with Gasteiger partial charge in [0.25, 0.3) is 0 Å². The lowest BCUT2D eigenvalue weighted by atomic mass is 10.1. The van der Waals surface area contributed by atoms with Crippen LogP contribution in [0.3, 0.4) is 0 Å². The van der Waals surface area contributed by atoms with Crippen LogP contribution in [0.1, 0.15) is 20.3 Å². The summed E-state index contributed by atoms with van der Waals surface area (Å²) in [5.41, 5.74) is -0.392. The molecule has 15 heavy (non-hydrogen) atoms. The van der Waals surface area contributed by atoms with Gasteiger partial charge in [0.05, 0.1) is 13.0 Å². The Balaban J connectivity index is 2.16. The van der Waals surface area contributed by atoms with E-state index < -0.39 is 11.8 Å². The molecule has 6 heteroatoms. The van der Waals surface area contributed by atoms with Gasteiger partial charge in [-0.1, -0.05) is 5.16 Å². The molecule has 0 aliphatic carbocycles. The molecule has 1 unspecified atom stereocenters. The Labute approximate surface area is 88.1 Å². The van der Waals surface area contributed by atoms with E-state index in [-0.39, 0.29) is 6.03 Å². The zero-order valence-corrected chi connectivity index (χ0v) is 9.10. The number of β-amino-alcohol motifs (C(OH)–C–C–N with tert-alkyl or cyclic N) is 1. The molecule has 2 aliphatic rings. The summed E-state index contributed by atoms with van der Waals surface area (Å²) >= 11 is 0. The largest absolute Gasteiger partial charge is 0.388 e. The molecule has 1 saturated heterocycles. The highest BCUT2D eigenvalue weighted by atomic mass is 16.7. The van der Waals surface area contributed by atoms with E-state index in [0.717, 1.165) is 0 Å². The fourth-order valence-electron chi connectivity index (χ4n) is 1.75. The summed E-state index contributed by atoms with van der Waals surface area (Å²) in [5, 5.41) is 13.5. The first-order valence-electron chi connectivity index (χ1n) is 4.88. The molecule has 0 radical (unpaired) electrons. The number of carbonyl (C=O) groups is 1. The lowest BCUT2D eigenvalue weighted by Gasteiger charge is -2.19. The first-order chi connectivity index (χ1) is 6.91. The number of rotatable bonds is 0. The highest BCUT2D eigenvalue weighted by molar-refractivity contribution is 5.99. The fourth-order valence-corrected chi connectivity index (χ4v) is 1.75. The van der Waals surface area contributed by atoms with Crippen molar-refractivity contribution in [3.63, 3.8) is 0 Å². The van der Waals surface area contributed by atoms with Crippen molar-refractivity contribution in [3.8, 4) is 0 Å². The van der Waals surface area contributed by atoms with Gasteiger partial charge in [0, 0.05) is 7.05 Å². The van der Waals surface area contributed by atoms with Crippen LogP contribution in [0.2, 0.25) is 0 Å². The molecule has 0 saturated carbocycles. The van der Waals surface area contributed by atoms with Crippen LogP contribution in [0.25, 0.3) is 0 Å². The summed E-state index contributed by atoms with van der Waals surface area (Å²) < 4.78 is 0. The van der Waals surface area contributed by atoms with E-state index in [2.05, 4.69) is 5.16 Å². The van der Waals surface area contributed by atoms with Crippen molar-refractivity contribution < 1.29 is 14.7 Å². The number of aliphatic hydroxyl groups excluding tert-OH is 1. The topological polar surface area (TPSA) is 65.4 Å². The van der Waals surface area contributed by atoms with Crippen LogP contribution >= 0.6 is 0 Å². The number of likely N-dealkylation sites (N-methyl/N-ethyl adjacent to an activating group) is 1. The Morgan fingerprint density at radius 3 is 2.67 bits per heavy atom. The highest BCUT2D eigenvalue weighted by Gasteiger charge is 2.42. The van der Waals surface area contributed by atoms with E-state index in [1.807, 2.05) is 13.8 Å². The summed E-state index contributed by atoms with van der Waals surface area (Å²) in [5.74, 6) is 0.502. The summed E-state index contributed by atoms with van der Waals surface area (Å²) in [4.78, 5) is 19.6. The van der Waals surface area contributed by atoms with Crippen LogP contribution in [0.15, 0.2) is 5.16 Å². The second kappa shape index (κ2) is 3.10. The van der Waals surface area contributed by atoms with E-state index in [1.54, 1.807) is 7.05 Å². The normalized spacial score (nSPS) is 29.5. The predicted molar refractivity (Wildman–Crippen MR) is 53.1 cm³/mol. The van der Waals surface area contributed by atoms with Crippen molar-refractivity contribution in [1.82, 2.24) is 9.80 Å². The number of hydrogen-bond donors (Lipinski definition) is 1. The molecule has 6 nitrogen and oxygen atoms in total. The third-order valence-corrected chi connectivity index (χ3v) is 2.53. The van der Waals surface area contributed by atoms with Crippen molar-refractivity contribution in [2.45, 2.75) is 32.1 Å². The van der Waals surface area contributed by atoms with Crippen molar-refractivity contribution in [2.75, 3.05) is 13.6 Å². The van der Waals surface area contributed by atoms with Gasteiger partial charge in [-0.3, -0.25) is 4.90 Å². The molecule has 2 aliphatic heterocycles. The maximum absolute atomic E-state index is 11.7. The maximum atomic E-state index is 11.7. The van der Waals surface area contributed by atoms with E-state index in [1.165, 1.54) is 9.80 Å². The number of aliphatic hydroxyl groups is 1. The summed E-state index contributed by atoms with van der Waals surface area (Å²) in [6, 6.07) is -0.234. The van der Waals surface area contributed by atoms with Gasteiger partial charge in [-0.2, -0.15) is 0 Å². The van der Waals surface area contributed by atoms with Gasteiger partial charge in [-0.25, -0.2) is 4.79 Å². The molecular weight excluding hydrogens is 198 g/mol. The van der Waals surface area contributed by atoms with Gasteiger partial charge in [0.2, 0.25) is 0 Å². The number of amidine groups is 1. The molecule has 1 N–H and O–H groups in total. The summed E-state index contributed by atoms with van der Waals surface area (Å²) in [6.45, 7) is 4.08. The van der Waals surface area contributed by atoms with Crippen LogP contribution < -0.4 is 0 Å². The average molecular weight is 213 g/mol. The minimum absolute atomic E-state index is 0.234. The number of amides is 2. The molecule has 0 aromatic heterocycles. The first-order valence-corrected chi connectivity index (χ1v) is 4.88. The molecule has 0 spiro atoms. The number of oxime groups is 1. The molecule has 2 heterocycles. The Bertz CT molecular complexity index is 327. The summed E-state index contributed by atoms with van der Waals surface area (Å²) in [6.07, 6.45) is -0.289. The second-order valence-electron chi connectivity index (χ2n) is 4.55. The number of carbonyl (C=O) groups excluding carboxylic acids is 1. The Morgan fingerprint density at radius 1 is 1.60 bits per heavy atom. The third kappa shape index (κ3) is 1.65. The number of hydrogen-bond acceptors (Lipinski definition) is 4. The SMILES string of the molecule is CN1CC(O)N(C2=NOC(C)(C)C2)C1=O. The lowest BCUT2D eigenvalue weighted by molar-refractivity contribution is 0.0123. The van der Waals surface area contributed by atoms with Gasteiger partial charge >= 0.3 is 6.03 Å². The molecule has 1 fully saturated rings. The first kappa shape index (κ1) is 10.2. The molecular formula is C9H15N3O3. The molecule has 0 bridgehead atoms. The number of urea groups is 1. The molecule has 0 aromatic rings. The van der Waals surface area contributed by atoms with Gasteiger partial charge in [-0.05, 0) is 13.8 Å². The maximum Gasteiger partial charge on any atom is 0.327 e. The third-order valence-electron chi connectivity index (χ3n) is 2.53. The highest BCUT2D eigenvalue weighted by Crippen LogP contribution is 2.26. The lowest BCUT2D eigenvalue weighted by Crippen LogP contribution is -2.40. The zero-order chi connectivity index (χ0) is 11.2. The van der Waals surface area contributed by atoms with Crippen molar-refractivity contribution in [1.29, 1.82) is 0 Å². The van der Waals surface area contributed by atoms with E-state index in [4.69, 9.17) is 4.84 Å². The quantitative estimate of drug-likeness (QED) is 0.624. The molecule has 2 amide bonds. The van der Waals surface area contributed by atoms with Gasteiger partial charge < -0.3 is 14.8 Å². The predicted octanol–water partition coefficient (Wildman–Crippen LogP) is 0.185. The van der Waals surface area contributed by atoms with E-state index in [0.29, 0.717) is 18.8 Å². The van der Waals surface area contributed by atoms with Crippen molar-refractivity contribution in [3.05, 3.63) is 0 Å². The molecule has 2 rings (SSSR count). The molecule has 1 atom stereocenters. The monoisotopic (exact) mass is 213 g/mol. The van der Waals surface area contributed by atoms with Crippen LogP contribution in [0.5, 0.6) is 0 Å². The van der Waals surface area contributed by atoms with E-state index in [9.17, 15) is 9.90 Å². The van der Waals surface area contributed by atoms with Gasteiger partial charge in [0.15, 0.2) is 12.1 Å². The average Bonchev–Trinajstić information content (AvgIpc) is 2.56. The smallest absolute Gasteiger partial charge is 0.327 e. The minimum atomic E-state index is -0.821. The molecule has 84 valence electrons. The second-order valence-corrected chi connectivity index (χ2v) is 4.55. The fraction of sp³-hybridized carbons (Fsp3) is 0.778. The standard InChI is InChI=1S/C9H15N3O3/c1-9(2)4-6(10-15-9)12-7(13)5-11(3)8(12)14/h7,13H,4-5H2,1-3H3. The Kier molecular flexibility index (Phi) is 2.11. The van der Waals surface area contributed by atoms with Crippen LogP contribution in [-0.2, 0) is 4.84 Å². The summed E-state index contributed by atoms with van der Waals surface area (Å²) in [7, 11) is 1.65. The van der Waals surface area contributed by atoms with Gasteiger partial charge in [0.1, 0.15) is 5.60 Å². The van der Waals surface area contributed by atoms with Crippen LogP contribution in [0.4, 0.5) is 4.79 Å². The van der Waals surface area contributed by atoms with Crippen LogP contribution in [-0.4, -0.2) is 52.2 Å². The molecule has 0 aromatic carbocycles. The zero-order valence-electron chi connectivity index (χ0n) is 9.10. The van der Waals surface area contributed by atoms with Gasteiger partial charge in [-0.15, -0.1) is 0 Å². The van der Waals surface area contributed by atoms with E-state index >= 15 is 0 Å². The van der Waals surface area contributed by atoms with Crippen molar-refractivity contribution >= 4 is 11.9 Å².